The Bertz CT molecular complexity index is 1730. The molecule has 2 aromatic heterocycles. The molecule has 0 amide bonds. The van der Waals surface area contributed by atoms with E-state index in [1.807, 2.05) is 32.0 Å². The van der Waals surface area contributed by atoms with E-state index in [2.05, 4.69) is 85.2 Å². The van der Waals surface area contributed by atoms with Crippen molar-refractivity contribution >= 4 is 53.4 Å². The Morgan fingerprint density at radius 3 is 2.10 bits per heavy atom. The predicted molar refractivity (Wildman–Crippen MR) is 163 cm³/mol. The predicted octanol–water partition coefficient (Wildman–Crippen LogP) is 4.27. The number of fused-ring (bicyclic) bond motifs is 5. The van der Waals surface area contributed by atoms with Gasteiger partial charge in [-0.05, 0) is 97.3 Å². The molecule has 0 spiro atoms. The second-order valence-electron chi connectivity index (χ2n) is 12.9. The van der Waals surface area contributed by atoms with Crippen LogP contribution >= 0.6 is 0 Å². The van der Waals surface area contributed by atoms with Crippen LogP contribution in [0.2, 0.25) is 0 Å². The standard InChI is InChI=1S/C31H37B2N3O4/c1-28(2,37)29(3,4)38-32-20-17-21(33-39-30(5,6)31(7,8)40-33)19-22(18-20)35-25-15-11-12-16-26(25)36-24-14-10-9-13-23(24)34-27(35)36/h9-19,32,37H,1-8H3. The first-order valence-corrected chi connectivity index (χ1v) is 13.9. The Morgan fingerprint density at radius 2 is 1.45 bits per heavy atom. The van der Waals surface area contributed by atoms with E-state index in [0.29, 0.717) is 7.48 Å². The Balaban J connectivity index is 1.55. The number of para-hydroxylation sites is 4. The van der Waals surface area contributed by atoms with Gasteiger partial charge in [0, 0.05) is 5.69 Å². The minimum Gasteiger partial charge on any atom is -0.427 e. The van der Waals surface area contributed by atoms with Crippen LogP contribution in [0.25, 0.3) is 33.5 Å². The van der Waals surface area contributed by atoms with Gasteiger partial charge in [-0.25, -0.2) is 4.98 Å². The minimum atomic E-state index is -1.02. The zero-order valence-electron chi connectivity index (χ0n) is 24.6. The van der Waals surface area contributed by atoms with Gasteiger partial charge in [-0.1, -0.05) is 35.8 Å². The molecule has 3 heterocycles. The number of nitrogens with zero attached hydrogens (tertiary/aromatic N) is 3. The highest BCUT2D eigenvalue weighted by Gasteiger charge is 2.52. The second kappa shape index (κ2) is 8.95. The molecule has 5 aromatic rings. The third kappa shape index (κ3) is 4.27. The largest absolute Gasteiger partial charge is 0.494 e. The van der Waals surface area contributed by atoms with Gasteiger partial charge in [-0.15, -0.1) is 0 Å². The van der Waals surface area contributed by atoms with E-state index in [1.54, 1.807) is 13.8 Å². The monoisotopic (exact) mass is 537 g/mol. The summed E-state index contributed by atoms with van der Waals surface area (Å²) in [7, 11) is -0.230. The molecule has 0 radical (unpaired) electrons. The van der Waals surface area contributed by atoms with Crippen LogP contribution in [0.3, 0.4) is 0 Å². The molecule has 1 aliphatic heterocycles. The summed E-state index contributed by atoms with van der Waals surface area (Å²) in [5.74, 6) is 0.831. The van der Waals surface area contributed by atoms with Gasteiger partial charge in [-0.2, -0.15) is 0 Å². The second-order valence-corrected chi connectivity index (χ2v) is 12.9. The Labute approximate surface area is 236 Å². The molecule has 40 heavy (non-hydrogen) atoms. The lowest BCUT2D eigenvalue weighted by molar-refractivity contribution is -0.0893. The van der Waals surface area contributed by atoms with Gasteiger partial charge in [0.15, 0.2) is 0 Å². The highest BCUT2D eigenvalue weighted by molar-refractivity contribution is 6.63. The number of aromatic nitrogens is 3. The number of aliphatic hydroxyl groups is 1. The van der Waals surface area contributed by atoms with Crippen LogP contribution in [0.5, 0.6) is 0 Å². The fourth-order valence-corrected chi connectivity index (χ4v) is 5.07. The molecular formula is C31H37B2N3O4. The molecular weight excluding hydrogens is 500 g/mol. The lowest BCUT2D eigenvalue weighted by Gasteiger charge is -2.37. The van der Waals surface area contributed by atoms with Crippen molar-refractivity contribution in [1.29, 1.82) is 0 Å². The molecule has 0 aliphatic carbocycles. The summed E-state index contributed by atoms with van der Waals surface area (Å²) in [6.45, 7) is 15.6. The number of imidazole rings is 2. The molecule has 1 fully saturated rings. The summed E-state index contributed by atoms with van der Waals surface area (Å²) in [5.41, 5.74) is 4.20. The van der Waals surface area contributed by atoms with Gasteiger partial charge in [-0.3, -0.25) is 8.97 Å². The van der Waals surface area contributed by atoms with Gasteiger partial charge in [0.2, 0.25) is 5.78 Å². The number of hydrogen-bond acceptors (Lipinski definition) is 5. The van der Waals surface area contributed by atoms with Crippen molar-refractivity contribution in [3.63, 3.8) is 0 Å². The Kier molecular flexibility index (Phi) is 6.06. The van der Waals surface area contributed by atoms with Crippen LogP contribution in [0.1, 0.15) is 55.4 Å². The smallest absolute Gasteiger partial charge is 0.427 e. The summed E-state index contributed by atoms with van der Waals surface area (Å²) in [6, 6.07) is 22.9. The summed E-state index contributed by atoms with van der Waals surface area (Å²) in [5, 5.41) is 10.7. The van der Waals surface area contributed by atoms with Gasteiger partial charge in [0.25, 0.3) is 0 Å². The van der Waals surface area contributed by atoms with E-state index in [-0.39, 0.29) is 0 Å². The summed E-state index contributed by atoms with van der Waals surface area (Å²) in [4.78, 5) is 5.05. The minimum absolute atomic E-state index is 0.309. The summed E-state index contributed by atoms with van der Waals surface area (Å²) < 4.78 is 23.6. The quantitative estimate of drug-likeness (QED) is 0.328. The number of rotatable bonds is 6. The van der Waals surface area contributed by atoms with Crippen LogP contribution in [-0.2, 0) is 14.0 Å². The first kappa shape index (κ1) is 27.1. The lowest BCUT2D eigenvalue weighted by atomic mass is 9.74. The van der Waals surface area contributed by atoms with Crippen molar-refractivity contribution in [2.45, 2.75) is 77.8 Å². The molecule has 1 saturated heterocycles. The fourth-order valence-electron chi connectivity index (χ4n) is 5.07. The molecule has 206 valence electrons. The van der Waals surface area contributed by atoms with Crippen molar-refractivity contribution in [3.05, 3.63) is 66.7 Å². The van der Waals surface area contributed by atoms with Crippen molar-refractivity contribution in [2.75, 3.05) is 0 Å². The van der Waals surface area contributed by atoms with Crippen LogP contribution in [0.4, 0.5) is 0 Å². The Hall–Kier alpha value is -3.10. The number of hydrogen-bond donors (Lipinski definition) is 1. The zero-order valence-corrected chi connectivity index (χ0v) is 24.6. The van der Waals surface area contributed by atoms with Crippen molar-refractivity contribution in [3.8, 4) is 5.69 Å². The average molecular weight is 537 g/mol. The van der Waals surface area contributed by atoms with E-state index in [9.17, 15) is 5.11 Å². The topological polar surface area (TPSA) is 70.2 Å². The molecule has 1 aliphatic rings. The number of benzene rings is 3. The van der Waals surface area contributed by atoms with E-state index < -0.39 is 29.5 Å². The highest BCUT2D eigenvalue weighted by atomic mass is 16.7. The molecule has 6 rings (SSSR count). The maximum Gasteiger partial charge on any atom is 0.494 e. The van der Waals surface area contributed by atoms with E-state index in [1.165, 1.54) is 0 Å². The van der Waals surface area contributed by atoms with Crippen LogP contribution in [-0.4, -0.2) is 56.1 Å². The highest BCUT2D eigenvalue weighted by Crippen LogP contribution is 2.37. The van der Waals surface area contributed by atoms with Crippen LogP contribution < -0.4 is 10.9 Å². The maximum absolute atomic E-state index is 10.7. The molecule has 0 atom stereocenters. The molecule has 0 saturated carbocycles. The molecule has 0 unspecified atom stereocenters. The van der Waals surface area contributed by atoms with Gasteiger partial charge in [0.05, 0.1) is 44.5 Å². The first-order chi connectivity index (χ1) is 18.7. The van der Waals surface area contributed by atoms with Gasteiger partial charge < -0.3 is 19.1 Å². The lowest BCUT2D eigenvalue weighted by Crippen LogP contribution is -2.49. The van der Waals surface area contributed by atoms with E-state index in [0.717, 1.165) is 44.5 Å². The van der Waals surface area contributed by atoms with Crippen molar-refractivity contribution in [2.24, 2.45) is 0 Å². The third-order valence-electron chi connectivity index (χ3n) is 8.96. The normalized spacial score (nSPS) is 17.4. The average Bonchev–Trinajstić information content (AvgIpc) is 3.47. The zero-order chi connectivity index (χ0) is 28.7. The summed E-state index contributed by atoms with van der Waals surface area (Å²) >= 11 is 0. The van der Waals surface area contributed by atoms with Crippen LogP contribution in [0, 0.1) is 0 Å². The van der Waals surface area contributed by atoms with E-state index in [4.69, 9.17) is 18.9 Å². The van der Waals surface area contributed by atoms with Gasteiger partial charge >= 0.3 is 14.6 Å². The maximum atomic E-state index is 10.7. The molecule has 0 bridgehead atoms. The molecule has 7 nitrogen and oxygen atoms in total. The van der Waals surface area contributed by atoms with Crippen molar-refractivity contribution in [1.82, 2.24) is 14.0 Å². The molecule has 9 heteroatoms. The fraction of sp³-hybridized carbons (Fsp3) is 0.387. The Morgan fingerprint density at radius 1 is 0.850 bits per heavy atom. The van der Waals surface area contributed by atoms with Gasteiger partial charge in [0.1, 0.15) is 0 Å². The SMILES string of the molecule is CC(C)(O)C(C)(C)OBc1cc(B2OC(C)(C)C(C)(C)O2)cc(-n2c3ccccc3n3c4ccccc4nc23)c1. The van der Waals surface area contributed by atoms with E-state index >= 15 is 0 Å². The van der Waals surface area contributed by atoms with Crippen LogP contribution in [0.15, 0.2) is 66.7 Å². The molecule has 3 aromatic carbocycles. The summed E-state index contributed by atoms with van der Waals surface area (Å²) in [6.07, 6.45) is 0. The molecule has 1 N–H and O–H groups in total. The third-order valence-corrected chi connectivity index (χ3v) is 8.96. The van der Waals surface area contributed by atoms with Crippen molar-refractivity contribution < 1.29 is 19.1 Å². The first-order valence-electron chi connectivity index (χ1n) is 13.9.